The molecule has 0 bridgehead atoms. The first kappa shape index (κ1) is 18.4. The van der Waals surface area contributed by atoms with Crippen LogP contribution in [-0.4, -0.2) is 76.9 Å². The zero-order chi connectivity index (χ0) is 18.7. The van der Waals surface area contributed by atoms with Gasteiger partial charge in [-0.1, -0.05) is 0 Å². The first-order valence-corrected chi connectivity index (χ1v) is 9.25. The number of nitrogens with one attached hydrogen (secondary N) is 1. The number of piperidine rings is 2. The van der Waals surface area contributed by atoms with E-state index in [1.807, 2.05) is 4.90 Å². The van der Waals surface area contributed by atoms with Crippen molar-refractivity contribution in [2.45, 2.75) is 31.6 Å². The number of rotatable bonds is 2. The minimum absolute atomic E-state index is 0.0263. The summed E-state index contributed by atoms with van der Waals surface area (Å²) in [5, 5.41) is 0. The van der Waals surface area contributed by atoms with Crippen LogP contribution in [0.1, 0.15) is 37.3 Å². The first-order valence-electron chi connectivity index (χ1n) is 9.25. The zero-order valence-electron chi connectivity index (χ0n) is 15.5. The van der Waals surface area contributed by atoms with Gasteiger partial charge in [-0.25, -0.2) is 9.78 Å². The predicted octanol–water partition coefficient (Wildman–Crippen LogP) is 0.870. The van der Waals surface area contributed by atoms with Gasteiger partial charge >= 0.3 is 6.03 Å². The lowest BCUT2D eigenvalue weighted by Gasteiger charge is -2.38. The van der Waals surface area contributed by atoms with Gasteiger partial charge in [0, 0.05) is 52.3 Å². The second-order valence-electron chi connectivity index (χ2n) is 7.40. The molecule has 1 N–H and O–H groups in total. The highest BCUT2D eigenvalue weighted by Gasteiger charge is 2.33. The van der Waals surface area contributed by atoms with Crippen molar-refractivity contribution in [3.8, 4) is 0 Å². The quantitative estimate of drug-likeness (QED) is 0.846. The van der Waals surface area contributed by atoms with Gasteiger partial charge in [0.25, 0.3) is 5.56 Å². The maximum Gasteiger partial charge on any atom is 0.319 e. The number of hydrogen-bond donors (Lipinski definition) is 1. The minimum Gasteiger partial charge on any atom is -0.342 e. The molecule has 0 radical (unpaired) electrons. The summed E-state index contributed by atoms with van der Waals surface area (Å²) in [5.41, 5.74) is 0.669. The molecule has 142 valence electrons. The van der Waals surface area contributed by atoms with Crippen molar-refractivity contribution in [1.29, 1.82) is 0 Å². The number of aromatic amines is 1. The van der Waals surface area contributed by atoms with Gasteiger partial charge in [0.1, 0.15) is 0 Å². The Morgan fingerprint density at radius 3 is 2.54 bits per heavy atom. The molecule has 1 aromatic heterocycles. The highest BCUT2D eigenvalue weighted by Crippen LogP contribution is 2.28. The molecule has 3 rings (SSSR count). The van der Waals surface area contributed by atoms with E-state index in [0.717, 1.165) is 37.9 Å². The summed E-state index contributed by atoms with van der Waals surface area (Å²) >= 11 is 0. The Hall–Kier alpha value is -2.38. The molecule has 1 atom stereocenters. The van der Waals surface area contributed by atoms with E-state index in [1.165, 1.54) is 6.33 Å². The molecule has 3 heterocycles. The summed E-state index contributed by atoms with van der Waals surface area (Å²) in [6.07, 6.45) is 4.77. The number of carbonyl (C=O) groups excluding carboxylic acids is 2. The molecule has 26 heavy (non-hydrogen) atoms. The van der Waals surface area contributed by atoms with Crippen LogP contribution in [0, 0.1) is 5.92 Å². The van der Waals surface area contributed by atoms with Gasteiger partial charge < -0.3 is 19.7 Å². The summed E-state index contributed by atoms with van der Waals surface area (Å²) in [5.74, 6) is 0.264. The molecule has 0 saturated carbocycles. The lowest BCUT2D eigenvalue weighted by Crippen LogP contribution is -2.50. The monoisotopic (exact) mass is 361 g/mol. The van der Waals surface area contributed by atoms with Crippen LogP contribution < -0.4 is 5.56 Å². The third-order valence-corrected chi connectivity index (χ3v) is 5.35. The van der Waals surface area contributed by atoms with Gasteiger partial charge in [0.2, 0.25) is 5.91 Å². The van der Waals surface area contributed by atoms with E-state index in [-0.39, 0.29) is 29.3 Å². The van der Waals surface area contributed by atoms with Crippen molar-refractivity contribution in [1.82, 2.24) is 24.7 Å². The SMILES string of the molecule is CN(C)C(=O)N1CCC[C@@H](C(=O)N2CCC(c3cc(=O)[nH]cn3)CC2)C1. The summed E-state index contributed by atoms with van der Waals surface area (Å²) in [6.45, 7) is 2.58. The molecule has 1 aromatic rings. The van der Waals surface area contributed by atoms with E-state index in [9.17, 15) is 14.4 Å². The maximum atomic E-state index is 12.9. The Balaban J connectivity index is 1.56. The van der Waals surface area contributed by atoms with E-state index in [0.29, 0.717) is 19.6 Å². The molecular formula is C18H27N5O3. The predicted molar refractivity (Wildman–Crippen MR) is 96.8 cm³/mol. The molecule has 0 unspecified atom stereocenters. The molecule has 2 aliphatic heterocycles. The van der Waals surface area contributed by atoms with Crippen LogP contribution in [0.3, 0.4) is 0 Å². The van der Waals surface area contributed by atoms with Crippen LogP contribution in [0.5, 0.6) is 0 Å². The third-order valence-electron chi connectivity index (χ3n) is 5.35. The molecule has 0 spiro atoms. The summed E-state index contributed by atoms with van der Waals surface area (Å²) in [7, 11) is 3.47. The second kappa shape index (κ2) is 7.88. The molecule has 2 aliphatic rings. The lowest BCUT2D eigenvalue weighted by atomic mass is 9.91. The van der Waals surface area contributed by atoms with Crippen molar-refractivity contribution in [3.63, 3.8) is 0 Å². The maximum absolute atomic E-state index is 12.9. The van der Waals surface area contributed by atoms with E-state index >= 15 is 0 Å². The van der Waals surface area contributed by atoms with Crippen LogP contribution in [-0.2, 0) is 4.79 Å². The van der Waals surface area contributed by atoms with Crippen LogP contribution in [0.2, 0.25) is 0 Å². The minimum atomic E-state index is -0.138. The molecule has 8 heteroatoms. The smallest absolute Gasteiger partial charge is 0.319 e. The van der Waals surface area contributed by atoms with Gasteiger partial charge in [-0.05, 0) is 25.7 Å². The topological polar surface area (TPSA) is 89.6 Å². The fraction of sp³-hybridized carbons (Fsp3) is 0.667. The van der Waals surface area contributed by atoms with E-state index in [1.54, 1.807) is 30.0 Å². The number of carbonyl (C=O) groups is 2. The van der Waals surface area contributed by atoms with E-state index in [2.05, 4.69) is 9.97 Å². The van der Waals surface area contributed by atoms with Gasteiger partial charge in [-0.3, -0.25) is 9.59 Å². The molecular weight excluding hydrogens is 334 g/mol. The average Bonchev–Trinajstić information content (AvgIpc) is 2.67. The fourth-order valence-corrected chi connectivity index (χ4v) is 3.90. The number of aromatic nitrogens is 2. The van der Waals surface area contributed by atoms with Crippen LogP contribution in [0.15, 0.2) is 17.2 Å². The number of hydrogen-bond acceptors (Lipinski definition) is 4. The Kier molecular flexibility index (Phi) is 5.58. The molecule has 0 aromatic carbocycles. The largest absolute Gasteiger partial charge is 0.342 e. The Morgan fingerprint density at radius 2 is 1.88 bits per heavy atom. The van der Waals surface area contributed by atoms with E-state index < -0.39 is 0 Å². The number of likely N-dealkylation sites (tertiary alicyclic amines) is 2. The lowest BCUT2D eigenvalue weighted by molar-refractivity contribution is -0.138. The van der Waals surface area contributed by atoms with Crippen molar-refractivity contribution in [2.75, 3.05) is 40.3 Å². The van der Waals surface area contributed by atoms with Crippen molar-refractivity contribution in [3.05, 3.63) is 28.4 Å². The van der Waals surface area contributed by atoms with Crippen LogP contribution in [0.25, 0.3) is 0 Å². The highest BCUT2D eigenvalue weighted by molar-refractivity contribution is 5.81. The fourth-order valence-electron chi connectivity index (χ4n) is 3.90. The van der Waals surface area contributed by atoms with Crippen molar-refractivity contribution < 1.29 is 9.59 Å². The average molecular weight is 361 g/mol. The highest BCUT2D eigenvalue weighted by atomic mass is 16.2. The number of urea groups is 1. The zero-order valence-corrected chi connectivity index (χ0v) is 15.5. The summed E-state index contributed by atoms with van der Waals surface area (Å²) < 4.78 is 0. The molecule has 2 saturated heterocycles. The summed E-state index contributed by atoms with van der Waals surface area (Å²) in [4.78, 5) is 48.6. The summed E-state index contributed by atoms with van der Waals surface area (Å²) in [6, 6.07) is 1.52. The van der Waals surface area contributed by atoms with Crippen LogP contribution in [0.4, 0.5) is 4.79 Å². The molecule has 2 fully saturated rings. The van der Waals surface area contributed by atoms with Crippen molar-refractivity contribution in [2.24, 2.45) is 5.92 Å². The standard InChI is InChI=1S/C18H27N5O3/c1-21(2)18(26)23-7-3-4-14(11-23)17(25)22-8-5-13(6-9-22)15-10-16(24)20-12-19-15/h10,12-14H,3-9,11H2,1-2H3,(H,19,20,24)/t14-/m1/s1. The number of nitrogens with zero attached hydrogens (tertiary/aromatic N) is 4. The van der Waals surface area contributed by atoms with Crippen LogP contribution >= 0.6 is 0 Å². The van der Waals surface area contributed by atoms with E-state index in [4.69, 9.17) is 0 Å². The van der Waals surface area contributed by atoms with Gasteiger partial charge in [0.15, 0.2) is 0 Å². The van der Waals surface area contributed by atoms with Crippen molar-refractivity contribution >= 4 is 11.9 Å². The first-order chi connectivity index (χ1) is 12.5. The van der Waals surface area contributed by atoms with Gasteiger partial charge in [-0.2, -0.15) is 0 Å². The molecule has 3 amide bonds. The normalized spacial score (nSPS) is 21.5. The molecule has 8 nitrogen and oxygen atoms in total. The van der Waals surface area contributed by atoms with Gasteiger partial charge in [-0.15, -0.1) is 0 Å². The number of H-pyrrole nitrogens is 1. The number of amides is 3. The Labute approximate surface area is 153 Å². The van der Waals surface area contributed by atoms with Gasteiger partial charge in [0.05, 0.1) is 17.9 Å². The Morgan fingerprint density at radius 1 is 1.15 bits per heavy atom. The molecule has 0 aliphatic carbocycles. The third kappa shape index (κ3) is 4.05. The second-order valence-corrected chi connectivity index (χ2v) is 7.40. The Bertz CT molecular complexity index is 709.